The second kappa shape index (κ2) is 6.90. The van der Waals surface area contributed by atoms with Crippen molar-refractivity contribution in [2.45, 2.75) is 39.2 Å². The quantitative estimate of drug-likeness (QED) is 0.893. The predicted molar refractivity (Wildman–Crippen MR) is 87.7 cm³/mol. The van der Waals surface area contributed by atoms with Crippen molar-refractivity contribution < 1.29 is 13.6 Å². The van der Waals surface area contributed by atoms with Gasteiger partial charge in [-0.25, -0.2) is 23.5 Å². The molecule has 1 atom stereocenters. The molecule has 0 unspecified atom stereocenters. The Labute approximate surface area is 139 Å². The first-order valence-corrected chi connectivity index (χ1v) is 7.52. The molecule has 128 valence electrons. The van der Waals surface area contributed by atoms with Crippen molar-refractivity contribution >= 4 is 11.7 Å². The summed E-state index contributed by atoms with van der Waals surface area (Å²) in [7, 11) is 0. The highest BCUT2D eigenvalue weighted by Gasteiger charge is 2.17. The summed E-state index contributed by atoms with van der Waals surface area (Å²) in [5.74, 6) is -0.708. The van der Waals surface area contributed by atoms with Gasteiger partial charge in [-0.05, 0) is 13.0 Å². The number of benzene rings is 1. The average molecular weight is 334 g/mol. The maximum Gasteiger partial charge on any atom is 0.319 e. The van der Waals surface area contributed by atoms with Crippen LogP contribution in [0.2, 0.25) is 0 Å². The molecule has 0 bridgehead atoms. The Hall–Kier alpha value is -2.57. The van der Waals surface area contributed by atoms with Crippen molar-refractivity contribution in [3.05, 3.63) is 53.6 Å². The summed E-state index contributed by atoms with van der Waals surface area (Å²) in [6.07, 6.45) is 3.02. The highest BCUT2D eigenvalue weighted by Crippen LogP contribution is 2.19. The van der Waals surface area contributed by atoms with E-state index in [9.17, 15) is 13.6 Å². The minimum Gasteiger partial charge on any atom is -0.331 e. The van der Waals surface area contributed by atoms with Crippen LogP contribution in [0.4, 0.5) is 19.3 Å². The van der Waals surface area contributed by atoms with Crippen LogP contribution in [0.3, 0.4) is 0 Å². The van der Waals surface area contributed by atoms with Crippen LogP contribution in [0.5, 0.6) is 0 Å². The molecule has 0 aliphatic heterocycles. The zero-order chi connectivity index (χ0) is 17.9. The number of anilines is 1. The molecular weight excluding hydrogens is 314 g/mol. The minimum atomic E-state index is -0.708. The lowest BCUT2D eigenvalue weighted by Gasteiger charge is -2.17. The van der Waals surface area contributed by atoms with Gasteiger partial charge in [0.15, 0.2) is 0 Å². The van der Waals surface area contributed by atoms with Gasteiger partial charge in [0, 0.05) is 17.0 Å². The maximum atomic E-state index is 13.7. The zero-order valence-electron chi connectivity index (χ0n) is 14.0. The van der Waals surface area contributed by atoms with Crippen molar-refractivity contribution in [2.24, 2.45) is 0 Å². The number of amides is 2. The van der Waals surface area contributed by atoms with Crippen LogP contribution in [0.25, 0.3) is 0 Å². The SMILES string of the molecule is C[C@H](NC(=O)Nc1cnc(C(C)(C)C)nc1)c1ccc(F)cc1F. The highest BCUT2D eigenvalue weighted by molar-refractivity contribution is 5.89. The number of urea groups is 1. The summed E-state index contributed by atoms with van der Waals surface area (Å²) in [5.41, 5.74) is 0.438. The molecule has 0 aliphatic rings. The van der Waals surface area contributed by atoms with Crippen LogP contribution in [0.15, 0.2) is 30.6 Å². The highest BCUT2D eigenvalue weighted by atomic mass is 19.1. The summed E-state index contributed by atoms with van der Waals surface area (Å²) < 4.78 is 26.6. The van der Waals surface area contributed by atoms with Crippen LogP contribution in [-0.2, 0) is 5.41 Å². The molecule has 5 nitrogen and oxygen atoms in total. The maximum absolute atomic E-state index is 13.7. The predicted octanol–water partition coefficient (Wildman–Crippen LogP) is 3.94. The number of hydrogen-bond acceptors (Lipinski definition) is 3. The van der Waals surface area contributed by atoms with Crippen LogP contribution in [0, 0.1) is 11.6 Å². The van der Waals surface area contributed by atoms with Crippen molar-refractivity contribution in [2.75, 3.05) is 5.32 Å². The lowest BCUT2D eigenvalue weighted by Crippen LogP contribution is -2.31. The molecule has 2 amide bonds. The summed E-state index contributed by atoms with van der Waals surface area (Å²) in [4.78, 5) is 20.4. The van der Waals surface area contributed by atoms with E-state index >= 15 is 0 Å². The molecule has 0 radical (unpaired) electrons. The van der Waals surface area contributed by atoms with Crippen LogP contribution < -0.4 is 10.6 Å². The van der Waals surface area contributed by atoms with E-state index in [-0.39, 0.29) is 11.0 Å². The minimum absolute atomic E-state index is 0.185. The first-order chi connectivity index (χ1) is 11.2. The van der Waals surface area contributed by atoms with E-state index in [0.29, 0.717) is 11.5 Å². The molecule has 2 N–H and O–H groups in total. The van der Waals surface area contributed by atoms with Gasteiger partial charge in [0.05, 0.1) is 24.1 Å². The van der Waals surface area contributed by atoms with Gasteiger partial charge in [0.2, 0.25) is 0 Å². The van der Waals surface area contributed by atoms with Crippen molar-refractivity contribution in [1.82, 2.24) is 15.3 Å². The van der Waals surface area contributed by atoms with E-state index in [1.54, 1.807) is 6.92 Å². The number of rotatable bonds is 3. The Bertz CT molecular complexity index is 726. The molecule has 0 saturated heterocycles. The third kappa shape index (κ3) is 4.47. The monoisotopic (exact) mass is 334 g/mol. The van der Waals surface area contributed by atoms with Crippen LogP contribution in [0.1, 0.15) is 45.1 Å². The molecule has 2 aromatic rings. The number of nitrogens with zero attached hydrogens (tertiary/aromatic N) is 2. The Morgan fingerprint density at radius 3 is 2.33 bits per heavy atom. The lowest BCUT2D eigenvalue weighted by molar-refractivity contribution is 0.249. The second-order valence-electron chi connectivity index (χ2n) is 6.53. The van der Waals surface area contributed by atoms with E-state index in [1.165, 1.54) is 18.5 Å². The number of carbonyl (C=O) groups is 1. The first-order valence-electron chi connectivity index (χ1n) is 7.52. The largest absolute Gasteiger partial charge is 0.331 e. The molecule has 0 fully saturated rings. The molecule has 7 heteroatoms. The fourth-order valence-corrected chi connectivity index (χ4v) is 2.07. The Morgan fingerprint density at radius 2 is 1.79 bits per heavy atom. The van der Waals surface area contributed by atoms with Gasteiger partial charge in [0.1, 0.15) is 17.5 Å². The van der Waals surface area contributed by atoms with Gasteiger partial charge in [-0.15, -0.1) is 0 Å². The van der Waals surface area contributed by atoms with Crippen LogP contribution >= 0.6 is 0 Å². The number of aromatic nitrogens is 2. The first kappa shape index (κ1) is 17.8. The smallest absolute Gasteiger partial charge is 0.319 e. The molecule has 1 heterocycles. The zero-order valence-corrected chi connectivity index (χ0v) is 14.0. The molecule has 24 heavy (non-hydrogen) atoms. The molecular formula is C17H20F2N4O. The summed E-state index contributed by atoms with van der Waals surface area (Å²) in [5, 5.41) is 5.16. The van der Waals surface area contributed by atoms with Gasteiger partial charge in [-0.2, -0.15) is 0 Å². The Kier molecular flexibility index (Phi) is 5.11. The number of hydrogen-bond donors (Lipinski definition) is 2. The van der Waals surface area contributed by atoms with Crippen molar-refractivity contribution in [3.63, 3.8) is 0 Å². The fourth-order valence-electron chi connectivity index (χ4n) is 2.07. The van der Waals surface area contributed by atoms with Crippen molar-refractivity contribution in [1.29, 1.82) is 0 Å². The normalized spacial score (nSPS) is 12.6. The molecule has 1 aromatic carbocycles. The van der Waals surface area contributed by atoms with Gasteiger partial charge < -0.3 is 10.6 Å². The van der Waals surface area contributed by atoms with Gasteiger partial charge in [-0.3, -0.25) is 0 Å². The number of carbonyl (C=O) groups excluding carboxylic acids is 1. The molecule has 0 spiro atoms. The molecule has 2 rings (SSSR count). The van der Waals surface area contributed by atoms with Gasteiger partial charge >= 0.3 is 6.03 Å². The van der Waals surface area contributed by atoms with E-state index < -0.39 is 23.7 Å². The fraction of sp³-hybridized carbons (Fsp3) is 0.353. The van der Waals surface area contributed by atoms with E-state index in [0.717, 1.165) is 12.1 Å². The summed E-state index contributed by atoms with van der Waals surface area (Å²) >= 11 is 0. The Balaban J connectivity index is 2.00. The topological polar surface area (TPSA) is 66.9 Å². The number of halogens is 2. The lowest BCUT2D eigenvalue weighted by atomic mass is 9.96. The standard InChI is InChI=1S/C17H20F2N4O/c1-10(13-6-5-11(18)7-14(13)19)22-16(24)23-12-8-20-15(21-9-12)17(2,3)4/h5-10H,1-4H3,(H2,22,23,24)/t10-/m0/s1. The van der Waals surface area contributed by atoms with Gasteiger partial charge in [-0.1, -0.05) is 26.8 Å². The van der Waals surface area contributed by atoms with Crippen LogP contribution in [-0.4, -0.2) is 16.0 Å². The second-order valence-corrected chi connectivity index (χ2v) is 6.53. The summed E-state index contributed by atoms with van der Waals surface area (Å²) in [6, 6.07) is 2.08. The summed E-state index contributed by atoms with van der Waals surface area (Å²) in [6.45, 7) is 7.57. The van der Waals surface area contributed by atoms with E-state index in [2.05, 4.69) is 20.6 Å². The molecule has 0 saturated carbocycles. The molecule has 1 aromatic heterocycles. The molecule has 0 aliphatic carbocycles. The third-order valence-electron chi connectivity index (χ3n) is 3.36. The van der Waals surface area contributed by atoms with E-state index in [4.69, 9.17) is 0 Å². The third-order valence-corrected chi connectivity index (χ3v) is 3.36. The van der Waals surface area contributed by atoms with E-state index in [1.807, 2.05) is 20.8 Å². The Morgan fingerprint density at radius 1 is 1.17 bits per heavy atom. The van der Waals surface area contributed by atoms with Crippen molar-refractivity contribution in [3.8, 4) is 0 Å². The van der Waals surface area contributed by atoms with Gasteiger partial charge in [0.25, 0.3) is 0 Å². The average Bonchev–Trinajstić information content (AvgIpc) is 2.46. The number of nitrogens with one attached hydrogen (secondary N) is 2.